The van der Waals surface area contributed by atoms with E-state index in [0.29, 0.717) is 5.56 Å². The van der Waals surface area contributed by atoms with Crippen LogP contribution in [0.1, 0.15) is 19.4 Å². The number of aromatic hydroxyl groups is 1. The van der Waals surface area contributed by atoms with Gasteiger partial charge in [-0.25, -0.2) is 4.79 Å². The molecule has 0 fully saturated rings. The molecular weight excluding hydrogens is 358 g/mol. The van der Waals surface area contributed by atoms with Gasteiger partial charge >= 0.3 is 11.9 Å². The molecule has 1 unspecified atom stereocenters. The van der Waals surface area contributed by atoms with Gasteiger partial charge in [0.2, 0.25) is 5.91 Å². The molecule has 140 valence electrons. The maximum atomic E-state index is 12.3. The Hall–Kier alpha value is -3.75. The number of hydrogen-bond acceptors (Lipinski definition) is 8. The first-order chi connectivity index (χ1) is 12.6. The summed E-state index contributed by atoms with van der Waals surface area (Å²) in [5.41, 5.74) is -0.249. The quantitative estimate of drug-likeness (QED) is 0.228. The third-order valence-corrected chi connectivity index (χ3v) is 3.57. The van der Waals surface area contributed by atoms with Gasteiger partial charge in [-0.3, -0.25) is 19.2 Å². The predicted molar refractivity (Wildman–Crippen MR) is 91.4 cm³/mol. The number of ether oxygens (including phenoxy) is 1. The highest BCUT2D eigenvalue weighted by atomic mass is 16.6. The summed E-state index contributed by atoms with van der Waals surface area (Å²) in [6.45, 7) is 2.24. The van der Waals surface area contributed by atoms with E-state index in [1.54, 1.807) is 0 Å². The number of phenolic OH excluding ortho intramolecular Hbond substituents is 1. The first-order valence-electron chi connectivity index (χ1n) is 7.64. The number of hydrogen-bond donors (Lipinski definition) is 3. The number of esters is 2. The molecule has 27 heavy (non-hydrogen) atoms. The second-order valence-electron chi connectivity index (χ2n) is 5.65. The normalized spacial score (nSPS) is 17.0. The molecular formula is C18H15NO8. The van der Waals surface area contributed by atoms with Crippen LogP contribution in [-0.2, 0) is 28.7 Å². The second kappa shape index (κ2) is 7.65. The van der Waals surface area contributed by atoms with Crippen molar-refractivity contribution < 1.29 is 38.9 Å². The number of nitrogens with one attached hydrogen (secondary N) is 1. The van der Waals surface area contributed by atoms with Gasteiger partial charge in [0, 0.05) is 6.92 Å². The minimum atomic E-state index is -1.83. The molecule has 0 saturated heterocycles. The molecule has 0 saturated carbocycles. The maximum Gasteiger partial charge on any atom is 0.352 e. The van der Waals surface area contributed by atoms with E-state index in [0.717, 1.165) is 13.0 Å². The highest BCUT2D eigenvalue weighted by Gasteiger charge is 2.42. The van der Waals surface area contributed by atoms with Gasteiger partial charge in [0.25, 0.3) is 0 Å². The van der Waals surface area contributed by atoms with Crippen molar-refractivity contribution in [3.63, 3.8) is 0 Å². The summed E-state index contributed by atoms with van der Waals surface area (Å²) in [6, 6.07) is 4.10. The van der Waals surface area contributed by atoms with Crippen molar-refractivity contribution in [3.8, 4) is 5.75 Å². The number of aliphatic hydroxyl groups excluding tert-OH is 1. The molecule has 1 aliphatic rings. The van der Waals surface area contributed by atoms with Gasteiger partial charge in [-0.05, 0) is 30.7 Å². The van der Waals surface area contributed by atoms with E-state index >= 15 is 0 Å². The van der Waals surface area contributed by atoms with Crippen molar-refractivity contribution in [1.82, 2.24) is 0 Å². The van der Waals surface area contributed by atoms with Crippen molar-refractivity contribution >= 4 is 41.2 Å². The van der Waals surface area contributed by atoms with Crippen molar-refractivity contribution in [3.05, 3.63) is 41.2 Å². The lowest BCUT2D eigenvalue weighted by atomic mass is 9.93. The van der Waals surface area contributed by atoms with E-state index in [9.17, 15) is 34.2 Å². The smallest absolute Gasteiger partial charge is 0.352 e. The summed E-state index contributed by atoms with van der Waals surface area (Å²) in [6.07, 6.45) is 2.21. The molecule has 0 spiro atoms. The number of carbonyl (C=O) groups is 5. The van der Waals surface area contributed by atoms with E-state index in [4.69, 9.17) is 0 Å². The van der Waals surface area contributed by atoms with Crippen LogP contribution in [0.2, 0.25) is 0 Å². The summed E-state index contributed by atoms with van der Waals surface area (Å²) < 4.78 is 4.34. The monoisotopic (exact) mass is 373 g/mol. The van der Waals surface area contributed by atoms with Crippen molar-refractivity contribution in [2.45, 2.75) is 13.8 Å². The molecule has 0 aliphatic carbocycles. The Morgan fingerprint density at radius 2 is 1.81 bits per heavy atom. The lowest BCUT2D eigenvalue weighted by molar-refractivity contribution is -0.163. The summed E-state index contributed by atoms with van der Waals surface area (Å²) in [4.78, 5) is 58.1. The summed E-state index contributed by atoms with van der Waals surface area (Å²) >= 11 is 0. The standard InChI is InChI=1S/C18H15NO8/c1-8(20)14-16(24)15(18(26)27-17(14)25)13(23)6-4-10-3-5-12(22)11(7-10)19-9(2)21/h3-7,15,22,24H,1-2H3,(H,19,21). The average Bonchev–Trinajstić information content (AvgIpc) is 2.54. The number of aliphatic hydroxyl groups is 1. The second-order valence-corrected chi connectivity index (χ2v) is 5.65. The average molecular weight is 373 g/mol. The van der Waals surface area contributed by atoms with Crippen LogP contribution in [-0.4, -0.2) is 39.6 Å². The van der Waals surface area contributed by atoms with Crippen LogP contribution in [0.25, 0.3) is 6.08 Å². The molecule has 0 aromatic heterocycles. The maximum absolute atomic E-state index is 12.3. The third kappa shape index (κ3) is 4.27. The summed E-state index contributed by atoms with van der Waals surface area (Å²) in [5, 5.41) is 22.1. The molecule has 3 N–H and O–H groups in total. The zero-order valence-electron chi connectivity index (χ0n) is 14.3. The van der Waals surface area contributed by atoms with Crippen LogP contribution in [0.4, 0.5) is 5.69 Å². The fourth-order valence-electron chi connectivity index (χ4n) is 2.36. The number of cyclic esters (lactones) is 2. The number of benzene rings is 1. The van der Waals surface area contributed by atoms with Gasteiger partial charge in [0.05, 0.1) is 5.69 Å². The highest BCUT2D eigenvalue weighted by Crippen LogP contribution is 2.26. The zero-order chi connectivity index (χ0) is 20.3. The van der Waals surface area contributed by atoms with Gasteiger partial charge in [-0.1, -0.05) is 12.1 Å². The van der Waals surface area contributed by atoms with E-state index in [1.165, 1.54) is 31.2 Å². The molecule has 1 aliphatic heterocycles. The number of anilines is 1. The Morgan fingerprint density at radius 3 is 2.41 bits per heavy atom. The van der Waals surface area contributed by atoms with Gasteiger partial charge in [-0.15, -0.1) is 0 Å². The Labute approximate surface area is 152 Å². The Morgan fingerprint density at radius 1 is 1.15 bits per heavy atom. The number of amides is 1. The van der Waals surface area contributed by atoms with Crippen LogP contribution in [0, 0.1) is 5.92 Å². The molecule has 1 aromatic carbocycles. The van der Waals surface area contributed by atoms with Crippen molar-refractivity contribution in [2.24, 2.45) is 5.92 Å². The first kappa shape index (κ1) is 19.6. The van der Waals surface area contributed by atoms with Crippen LogP contribution < -0.4 is 5.32 Å². The van der Waals surface area contributed by atoms with Gasteiger partial charge in [0.15, 0.2) is 17.5 Å². The van der Waals surface area contributed by atoms with Gasteiger partial charge < -0.3 is 20.3 Å². The Balaban J connectivity index is 2.31. The van der Waals surface area contributed by atoms with Crippen LogP contribution in [0.15, 0.2) is 35.6 Å². The SMILES string of the molecule is CC(=O)Nc1cc(C=CC(=O)C2C(=O)OC(=O)C(C(C)=O)=C2O)ccc1O. The summed E-state index contributed by atoms with van der Waals surface area (Å²) in [5.74, 6) is -7.74. The number of phenols is 1. The minimum Gasteiger partial charge on any atom is -0.510 e. The number of ketones is 2. The molecule has 9 heteroatoms. The number of Topliss-reactive ketones (excluding diaryl/α,β-unsaturated/α-hetero) is 1. The van der Waals surface area contributed by atoms with Crippen LogP contribution >= 0.6 is 0 Å². The number of carbonyl (C=O) groups excluding carboxylic acids is 5. The van der Waals surface area contributed by atoms with Crippen molar-refractivity contribution in [1.29, 1.82) is 0 Å². The Kier molecular flexibility index (Phi) is 5.54. The molecule has 1 atom stereocenters. The van der Waals surface area contributed by atoms with E-state index in [1.807, 2.05) is 0 Å². The zero-order valence-corrected chi connectivity index (χ0v) is 14.3. The fourth-order valence-corrected chi connectivity index (χ4v) is 2.36. The van der Waals surface area contributed by atoms with Crippen molar-refractivity contribution in [2.75, 3.05) is 5.32 Å². The Bertz CT molecular complexity index is 925. The molecule has 9 nitrogen and oxygen atoms in total. The van der Waals surface area contributed by atoms with Crippen LogP contribution in [0.5, 0.6) is 5.75 Å². The molecule has 2 rings (SSSR count). The molecule has 1 amide bonds. The lowest BCUT2D eigenvalue weighted by Gasteiger charge is -2.19. The first-order valence-corrected chi connectivity index (χ1v) is 7.64. The topological polar surface area (TPSA) is 147 Å². The molecule has 1 aromatic rings. The number of rotatable bonds is 5. The fraction of sp³-hybridized carbons (Fsp3) is 0.167. The summed E-state index contributed by atoms with van der Waals surface area (Å²) in [7, 11) is 0. The third-order valence-electron chi connectivity index (χ3n) is 3.57. The van der Waals surface area contributed by atoms with Gasteiger partial charge in [0.1, 0.15) is 17.1 Å². The largest absolute Gasteiger partial charge is 0.510 e. The predicted octanol–water partition coefficient (Wildman–Crippen LogP) is 1.03. The van der Waals surface area contributed by atoms with E-state index in [-0.39, 0.29) is 11.4 Å². The molecule has 1 heterocycles. The molecule has 0 bridgehead atoms. The highest BCUT2D eigenvalue weighted by molar-refractivity contribution is 6.24. The lowest BCUT2D eigenvalue weighted by Crippen LogP contribution is -2.37. The number of allylic oxidation sites excluding steroid dienone is 1. The van der Waals surface area contributed by atoms with Crippen LogP contribution in [0.3, 0.4) is 0 Å². The van der Waals surface area contributed by atoms with E-state index in [2.05, 4.69) is 10.1 Å². The van der Waals surface area contributed by atoms with Gasteiger partial charge in [-0.2, -0.15) is 0 Å². The van der Waals surface area contributed by atoms with E-state index < -0.39 is 46.7 Å². The molecule has 0 radical (unpaired) electrons. The minimum absolute atomic E-state index is 0.112.